The van der Waals surface area contributed by atoms with Crippen LogP contribution >= 0.6 is 0 Å². The van der Waals surface area contributed by atoms with Gasteiger partial charge < -0.3 is 10.0 Å². The van der Waals surface area contributed by atoms with Crippen LogP contribution in [0.5, 0.6) is 0 Å². The van der Waals surface area contributed by atoms with Crippen LogP contribution in [-0.2, 0) is 13.0 Å². The van der Waals surface area contributed by atoms with Crippen LogP contribution in [0, 0.1) is 0 Å². The molecule has 0 amide bonds. The summed E-state index contributed by atoms with van der Waals surface area (Å²) in [5.41, 5.74) is 2.95. The Morgan fingerprint density at radius 3 is 2.60 bits per heavy atom. The Balaban J connectivity index is 2.18. The Kier molecular flexibility index (Phi) is 4.30. The minimum absolute atomic E-state index is 0.143. The van der Waals surface area contributed by atoms with E-state index in [1.807, 2.05) is 24.1 Å². The molecule has 0 aliphatic heterocycles. The first-order chi connectivity index (χ1) is 9.61. The first-order valence-corrected chi connectivity index (χ1v) is 6.44. The van der Waals surface area contributed by atoms with Crippen LogP contribution in [0.2, 0.25) is 0 Å². The molecule has 0 saturated carbocycles. The average Bonchev–Trinajstić information content (AvgIpc) is 2.47. The average molecular weight is 271 g/mol. The van der Waals surface area contributed by atoms with Crippen molar-refractivity contribution in [3.63, 3.8) is 0 Å². The Labute approximate surface area is 117 Å². The topological polar surface area (TPSA) is 66.3 Å². The fourth-order valence-corrected chi connectivity index (χ4v) is 1.96. The standard InChI is InChI=1S/C15H17N3O2/c1-3-11-4-6-12(7-5-11)18(2)9-14-13(15(19)20)8-16-10-17-14/h4-8,10H,3,9H2,1-2H3,(H,19,20). The normalized spacial score (nSPS) is 10.3. The molecule has 0 radical (unpaired) electrons. The van der Waals surface area contributed by atoms with Gasteiger partial charge in [0.15, 0.2) is 0 Å². The fraction of sp³-hybridized carbons (Fsp3) is 0.267. The molecular weight excluding hydrogens is 254 g/mol. The van der Waals surface area contributed by atoms with Crippen molar-refractivity contribution in [2.24, 2.45) is 0 Å². The number of aromatic carboxylic acids is 1. The zero-order valence-electron chi connectivity index (χ0n) is 11.6. The molecule has 0 unspecified atom stereocenters. The van der Waals surface area contributed by atoms with Gasteiger partial charge in [0.2, 0.25) is 0 Å². The van der Waals surface area contributed by atoms with E-state index in [-0.39, 0.29) is 5.56 Å². The van der Waals surface area contributed by atoms with Crippen molar-refractivity contribution < 1.29 is 9.90 Å². The van der Waals surface area contributed by atoms with Gasteiger partial charge in [-0.15, -0.1) is 0 Å². The van der Waals surface area contributed by atoms with Gasteiger partial charge in [0, 0.05) is 18.9 Å². The number of rotatable bonds is 5. The molecule has 1 aromatic heterocycles. The molecule has 0 aliphatic rings. The van der Waals surface area contributed by atoms with E-state index in [1.54, 1.807) is 0 Å². The van der Waals surface area contributed by atoms with Crippen molar-refractivity contribution in [3.05, 3.63) is 53.6 Å². The molecule has 5 nitrogen and oxygen atoms in total. The van der Waals surface area contributed by atoms with E-state index in [4.69, 9.17) is 5.11 Å². The van der Waals surface area contributed by atoms with E-state index in [0.29, 0.717) is 12.2 Å². The maximum Gasteiger partial charge on any atom is 0.339 e. The highest BCUT2D eigenvalue weighted by Crippen LogP contribution is 2.17. The molecule has 0 spiro atoms. The molecule has 0 saturated heterocycles. The number of carbonyl (C=O) groups is 1. The van der Waals surface area contributed by atoms with Crippen LogP contribution in [0.4, 0.5) is 5.69 Å². The molecule has 0 bridgehead atoms. The van der Waals surface area contributed by atoms with Gasteiger partial charge in [-0.25, -0.2) is 14.8 Å². The smallest absolute Gasteiger partial charge is 0.339 e. The predicted octanol–water partition coefficient (Wildman–Crippen LogP) is 2.37. The maximum absolute atomic E-state index is 11.1. The van der Waals surface area contributed by atoms with Crippen molar-refractivity contribution >= 4 is 11.7 Å². The molecule has 104 valence electrons. The van der Waals surface area contributed by atoms with Gasteiger partial charge >= 0.3 is 5.97 Å². The maximum atomic E-state index is 11.1. The predicted molar refractivity (Wildman–Crippen MR) is 76.9 cm³/mol. The van der Waals surface area contributed by atoms with Gasteiger partial charge in [-0.05, 0) is 24.1 Å². The summed E-state index contributed by atoms with van der Waals surface area (Å²) >= 11 is 0. The van der Waals surface area contributed by atoms with Crippen molar-refractivity contribution in [3.8, 4) is 0 Å². The molecule has 1 heterocycles. The quantitative estimate of drug-likeness (QED) is 0.904. The summed E-state index contributed by atoms with van der Waals surface area (Å²) < 4.78 is 0. The van der Waals surface area contributed by atoms with Gasteiger partial charge in [0.25, 0.3) is 0 Å². The molecule has 2 rings (SSSR count). The molecule has 1 aromatic carbocycles. The lowest BCUT2D eigenvalue weighted by atomic mass is 10.1. The lowest BCUT2D eigenvalue weighted by Gasteiger charge is -2.19. The molecule has 0 atom stereocenters. The number of carboxylic acid groups (broad SMARTS) is 1. The number of aryl methyl sites for hydroxylation is 1. The molecule has 0 fully saturated rings. The summed E-state index contributed by atoms with van der Waals surface area (Å²) in [6, 6.07) is 8.20. The van der Waals surface area contributed by atoms with E-state index in [2.05, 4.69) is 29.0 Å². The molecule has 1 N–H and O–H groups in total. The monoisotopic (exact) mass is 271 g/mol. The summed E-state index contributed by atoms with van der Waals surface area (Å²) in [6.45, 7) is 2.54. The van der Waals surface area contributed by atoms with E-state index in [1.165, 1.54) is 18.1 Å². The van der Waals surface area contributed by atoms with Crippen LogP contribution < -0.4 is 4.90 Å². The number of hydrogen-bond acceptors (Lipinski definition) is 4. The first-order valence-electron chi connectivity index (χ1n) is 6.44. The van der Waals surface area contributed by atoms with E-state index >= 15 is 0 Å². The number of anilines is 1. The number of benzene rings is 1. The van der Waals surface area contributed by atoms with Gasteiger partial charge in [0.05, 0.1) is 12.2 Å². The highest BCUT2D eigenvalue weighted by Gasteiger charge is 2.13. The second-order valence-electron chi connectivity index (χ2n) is 4.56. The van der Waals surface area contributed by atoms with Gasteiger partial charge in [0.1, 0.15) is 11.9 Å². The number of aromatic nitrogens is 2. The summed E-state index contributed by atoms with van der Waals surface area (Å²) in [5, 5.41) is 9.12. The van der Waals surface area contributed by atoms with Gasteiger partial charge in [-0.3, -0.25) is 0 Å². The summed E-state index contributed by atoms with van der Waals surface area (Å²) in [5.74, 6) is -1.00. The highest BCUT2D eigenvalue weighted by molar-refractivity contribution is 5.88. The summed E-state index contributed by atoms with van der Waals surface area (Å²) in [7, 11) is 1.91. The van der Waals surface area contributed by atoms with Crippen molar-refractivity contribution in [2.75, 3.05) is 11.9 Å². The molecule has 20 heavy (non-hydrogen) atoms. The highest BCUT2D eigenvalue weighted by atomic mass is 16.4. The minimum Gasteiger partial charge on any atom is -0.478 e. The third kappa shape index (κ3) is 3.12. The Bertz CT molecular complexity index is 596. The summed E-state index contributed by atoms with van der Waals surface area (Å²) in [6.07, 6.45) is 3.70. The van der Waals surface area contributed by atoms with Crippen LogP contribution in [0.3, 0.4) is 0 Å². The molecule has 0 aliphatic carbocycles. The number of carboxylic acids is 1. The van der Waals surface area contributed by atoms with Crippen molar-refractivity contribution in [1.29, 1.82) is 0 Å². The minimum atomic E-state index is -1.00. The Hall–Kier alpha value is -2.43. The number of nitrogens with zero attached hydrogens (tertiary/aromatic N) is 3. The van der Waals surface area contributed by atoms with Gasteiger partial charge in [-0.2, -0.15) is 0 Å². The number of hydrogen-bond donors (Lipinski definition) is 1. The third-order valence-electron chi connectivity index (χ3n) is 3.20. The Morgan fingerprint density at radius 1 is 1.30 bits per heavy atom. The largest absolute Gasteiger partial charge is 0.478 e. The van der Waals surface area contributed by atoms with Crippen LogP contribution in [0.15, 0.2) is 36.8 Å². The third-order valence-corrected chi connectivity index (χ3v) is 3.20. The van der Waals surface area contributed by atoms with E-state index < -0.39 is 5.97 Å². The first kappa shape index (κ1) is 14.0. The zero-order chi connectivity index (χ0) is 14.5. The fourth-order valence-electron chi connectivity index (χ4n) is 1.96. The van der Waals surface area contributed by atoms with Gasteiger partial charge in [-0.1, -0.05) is 19.1 Å². The second kappa shape index (κ2) is 6.14. The molecular formula is C15H17N3O2. The Morgan fingerprint density at radius 2 is 2.00 bits per heavy atom. The lowest BCUT2D eigenvalue weighted by molar-refractivity contribution is 0.0694. The molecule has 2 aromatic rings. The van der Waals surface area contributed by atoms with Crippen LogP contribution in [0.25, 0.3) is 0 Å². The van der Waals surface area contributed by atoms with Crippen molar-refractivity contribution in [1.82, 2.24) is 9.97 Å². The van der Waals surface area contributed by atoms with Crippen LogP contribution in [0.1, 0.15) is 28.5 Å². The van der Waals surface area contributed by atoms with Crippen molar-refractivity contribution in [2.45, 2.75) is 19.9 Å². The molecule has 5 heteroatoms. The SMILES string of the molecule is CCc1ccc(N(C)Cc2ncncc2C(=O)O)cc1. The van der Waals surface area contributed by atoms with E-state index in [0.717, 1.165) is 12.1 Å². The summed E-state index contributed by atoms with van der Waals surface area (Å²) in [4.78, 5) is 20.9. The second-order valence-corrected chi connectivity index (χ2v) is 4.56. The van der Waals surface area contributed by atoms with Crippen LogP contribution in [-0.4, -0.2) is 28.1 Å². The van der Waals surface area contributed by atoms with E-state index in [9.17, 15) is 4.79 Å². The lowest BCUT2D eigenvalue weighted by Crippen LogP contribution is -2.19. The zero-order valence-corrected chi connectivity index (χ0v) is 11.6.